The van der Waals surface area contributed by atoms with E-state index in [4.69, 9.17) is 34.8 Å². The Kier molecular flexibility index (Phi) is 3.82. The van der Waals surface area contributed by atoms with Gasteiger partial charge in [0.2, 0.25) is 0 Å². The minimum Gasteiger partial charge on any atom is -0.294 e. The fourth-order valence-electron chi connectivity index (χ4n) is 2.27. The zero-order valence-electron chi connectivity index (χ0n) is 11.0. The fraction of sp³-hybridized carbons (Fsp3) is 0.133. The predicted octanol–water partition coefficient (Wildman–Crippen LogP) is 5.52. The van der Waals surface area contributed by atoms with Crippen LogP contribution in [0.2, 0.25) is 10.0 Å². The minimum atomic E-state index is -0.296. The largest absolute Gasteiger partial charge is 0.294 e. The molecule has 0 saturated heterocycles. The van der Waals surface area contributed by atoms with Crippen LogP contribution in [0, 0.1) is 12.7 Å². The van der Waals surface area contributed by atoms with E-state index in [9.17, 15) is 4.39 Å². The Bertz CT molecular complexity index is 843. The van der Waals surface area contributed by atoms with Gasteiger partial charge in [0.1, 0.15) is 11.6 Å². The molecule has 3 rings (SSSR count). The van der Waals surface area contributed by atoms with Gasteiger partial charge in [0.05, 0.1) is 27.6 Å². The Morgan fingerprint density at radius 3 is 2.62 bits per heavy atom. The standard InChI is InChI=1S/C15H10Cl3FN2/c1-8-4-14-12(6-11(8)19)20-15(7-16)21(14)13-3-2-9(17)5-10(13)18/h2-6H,7H2,1H3. The molecule has 108 valence electrons. The molecular formula is C15H10Cl3FN2. The van der Waals surface area contributed by atoms with Crippen LogP contribution in [0.1, 0.15) is 11.4 Å². The molecule has 1 heterocycles. The predicted molar refractivity (Wildman–Crippen MR) is 85.3 cm³/mol. The highest BCUT2D eigenvalue weighted by atomic mass is 35.5. The summed E-state index contributed by atoms with van der Waals surface area (Å²) in [4.78, 5) is 4.37. The van der Waals surface area contributed by atoms with Crippen molar-refractivity contribution in [3.05, 3.63) is 57.6 Å². The van der Waals surface area contributed by atoms with Gasteiger partial charge in [0, 0.05) is 11.1 Å². The van der Waals surface area contributed by atoms with Crippen molar-refractivity contribution in [2.45, 2.75) is 12.8 Å². The van der Waals surface area contributed by atoms with Gasteiger partial charge in [0.15, 0.2) is 0 Å². The monoisotopic (exact) mass is 342 g/mol. The van der Waals surface area contributed by atoms with Gasteiger partial charge in [-0.05, 0) is 36.8 Å². The molecule has 3 aromatic rings. The number of alkyl halides is 1. The van der Waals surface area contributed by atoms with Crippen LogP contribution < -0.4 is 0 Å². The summed E-state index contributed by atoms with van der Waals surface area (Å²) in [5, 5.41) is 1.03. The molecule has 0 aliphatic heterocycles. The van der Waals surface area contributed by atoms with E-state index in [2.05, 4.69) is 4.98 Å². The number of halogens is 4. The number of fused-ring (bicyclic) bond motifs is 1. The maximum Gasteiger partial charge on any atom is 0.129 e. The molecule has 2 nitrogen and oxygen atoms in total. The number of imidazole rings is 1. The van der Waals surface area contributed by atoms with E-state index in [1.165, 1.54) is 6.07 Å². The molecule has 1 aromatic heterocycles. The van der Waals surface area contributed by atoms with Crippen LogP contribution in [0.3, 0.4) is 0 Å². The van der Waals surface area contributed by atoms with E-state index in [1.807, 2.05) is 4.57 Å². The first-order valence-corrected chi connectivity index (χ1v) is 7.49. The first-order valence-electron chi connectivity index (χ1n) is 6.20. The van der Waals surface area contributed by atoms with E-state index in [-0.39, 0.29) is 11.7 Å². The third-order valence-electron chi connectivity index (χ3n) is 3.27. The van der Waals surface area contributed by atoms with Crippen molar-refractivity contribution >= 4 is 45.8 Å². The summed E-state index contributed by atoms with van der Waals surface area (Å²) < 4.78 is 15.5. The van der Waals surface area contributed by atoms with Crippen molar-refractivity contribution in [3.63, 3.8) is 0 Å². The lowest BCUT2D eigenvalue weighted by molar-refractivity contribution is 0.620. The van der Waals surface area contributed by atoms with Crippen molar-refractivity contribution < 1.29 is 4.39 Å². The summed E-state index contributed by atoms with van der Waals surface area (Å²) in [6, 6.07) is 8.32. The molecule has 0 unspecified atom stereocenters. The number of benzene rings is 2. The number of hydrogen-bond donors (Lipinski definition) is 0. The smallest absolute Gasteiger partial charge is 0.129 e. The molecule has 0 radical (unpaired) electrons. The van der Waals surface area contributed by atoms with Crippen molar-refractivity contribution in [1.29, 1.82) is 0 Å². The molecule has 6 heteroatoms. The van der Waals surface area contributed by atoms with Gasteiger partial charge < -0.3 is 0 Å². The number of aromatic nitrogens is 2. The second-order valence-electron chi connectivity index (χ2n) is 4.68. The Morgan fingerprint density at radius 1 is 1.19 bits per heavy atom. The lowest BCUT2D eigenvalue weighted by atomic mass is 10.2. The molecule has 0 fully saturated rings. The highest BCUT2D eigenvalue weighted by Gasteiger charge is 2.16. The highest BCUT2D eigenvalue weighted by Crippen LogP contribution is 2.30. The second kappa shape index (κ2) is 5.48. The van der Waals surface area contributed by atoms with Gasteiger partial charge in [-0.15, -0.1) is 11.6 Å². The summed E-state index contributed by atoms with van der Waals surface area (Å²) in [5.74, 6) is 0.491. The average molecular weight is 344 g/mol. The van der Waals surface area contributed by atoms with Gasteiger partial charge in [-0.25, -0.2) is 9.37 Å². The molecule has 2 aromatic carbocycles. The molecule has 0 bridgehead atoms. The Hall–Kier alpha value is -1.29. The first kappa shape index (κ1) is 14.6. The number of aryl methyl sites for hydroxylation is 1. The van der Waals surface area contributed by atoms with E-state index in [1.54, 1.807) is 31.2 Å². The maximum absolute atomic E-state index is 13.7. The van der Waals surface area contributed by atoms with E-state index < -0.39 is 0 Å². The van der Waals surface area contributed by atoms with Crippen molar-refractivity contribution in [2.24, 2.45) is 0 Å². The maximum atomic E-state index is 13.7. The third kappa shape index (κ3) is 2.50. The molecule has 0 amide bonds. The lowest BCUT2D eigenvalue weighted by Crippen LogP contribution is -2.00. The summed E-state index contributed by atoms with van der Waals surface area (Å²) in [6.07, 6.45) is 0. The van der Waals surface area contributed by atoms with Crippen LogP contribution in [0.25, 0.3) is 16.7 Å². The molecule has 0 spiro atoms. The molecule has 0 saturated carbocycles. The lowest BCUT2D eigenvalue weighted by Gasteiger charge is -2.10. The van der Waals surface area contributed by atoms with Crippen molar-refractivity contribution in [2.75, 3.05) is 0 Å². The van der Waals surface area contributed by atoms with Gasteiger partial charge in [0.25, 0.3) is 0 Å². The quantitative estimate of drug-likeness (QED) is 0.560. The Labute approximate surface area is 136 Å². The van der Waals surface area contributed by atoms with Crippen LogP contribution >= 0.6 is 34.8 Å². The summed E-state index contributed by atoms with van der Waals surface area (Å²) >= 11 is 18.2. The van der Waals surface area contributed by atoms with Crippen LogP contribution in [0.4, 0.5) is 4.39 Å². The third-order valence-corrected chi connectivity index (χ3v) is 4.05. The van der Waals surface area contributed by atoms with E-state index in [0.717, 1.165) is 5.52 Å². The van der Waals surface area contributed by atoms with Gasteiger partial charge in [-0.3, -0.25) is 4.57 Å². The van der Waals surface area contributed by atoms with Crippen LogP contribution in [-0.2, 0) is 5.88 Å². The molecule has 21 heavy (non-hydrogen) atoms. The minimum absolute atomic E-state index is 0.189. The van der Waals surface area contributed by atoms with Crippen molar-refractivity contribution in [3.8, 4) is 5.69 Å². The van der Waals surface area contributed by atoms with Gasteiger partial charge in [-0.2, -0.15) is 0 Å². The van der Waals surface area contributed by atoms with Crippen LogP contribution in [-0.4, -0.2) is 9.55 Å². The highest BCUT2D eigenvalue weighted by molar-refractivity contribution is 6.35. The zero-order chi connectivity index (χ0) is 15.1. The summed E-state index contributed by atoms with van der Waals surface area (Å²) in [6.45, 7) is 1.70. The van der Waals surface area contributed by atoms with E-state index >= 15 is 0 Å². The summed E-state index contributed by atoms with van der Waals surface area (Å²) in [7, 11) is 0. The van der Waals surface area contributed by atoms with E-state index in [0.29, 0.717) is 32.6 Å². The molecule has 0 aliphatic rings. The number of nitrogens with zero attached hydrogens (tertiary/aromatic N) is 2. The average Bonchev–Trinajstić information content (AvgIpc) is 2.77. The van der Waals surface area contributed by atoms with Crippen molar-refractivity contribution in [1.82, 2.24) is 9.55 Å². The van der Waals surface area contributed by atoms with Gasteiger partial charge in [-0.1, -0.05) is 23.2 Å². The Balaban J connectivity index is 2.37. The Morgan fingerprint density at radius 2 is 1.95 bits per heavy atom. The van der Waals surface area contributed by atoms with Gasteiger partial charge >= 0.3 is 0 Å². The number of hydrogen-bond acceptors (Lipinski definition) is 1. The molecule has 0 aliphatic carbocycles. The molecular weight excluding hydrogens is 334 g/mol. The second-order valence-corrected chi connectivity index (χ2v) is 5.79. The first-order chi connectivity index (χ1) is 10.0. The number of rotatable bonds is 2. The summed E-state index contributed by atoms with van der Waals surface area (Å²) in [5.41, 5.74) is 2.55. The zero-order valence-corrected chi connectivity index (χ0v) is 13.3. The fourth-order valence-corrected chi connectivity index (χ4v) is 2.95. The molecule has 0 atom stereocenters. The topological polar surface area (TPSA) is 17.8 Å². The van der Waals surface area contributed by atoms with Crippen LogP contribution in [0.5, 0.6) is 0 Å². The SMILES string of the molecule is Cc1cc2c(cc1F)nc(CCl)n2-c1ccc(Cl)cc1Cl. The normalized spacial score (nSPS) is 11.3. The molecule has 0 N–H and O–H groups in total. The van der Waals surface area contributed by atoms with Crippen LogP contribution in [0.15, 0.2) is 30.3 Å².